The van der Waals surface area contributed by atoms with Crippen molar-refractivity contribution < 1.29 is 8.42 Å². The second-order valence-electron chi connectivity index (χ2n) is 2.45. The molecule has 0 saturated heterocycles. The zero-order chi connectivity index (χ0) is 10.3. The summed E-state index contributed by atoms with van der Waals surface area (Å²) in [5.41, 5.74) is -0.250. The van der Waals surface area contributed by atoms with Gasteiger partial charge in [0.25, 0.3) is 14.6 Å². The number of fused-ring (bicyclic) bond motifs is 1. The van der Waals surface area contributed by atoms with E-state index in [0.717, 1.165) is 17.7 Å². The summed E-state index contributed by atoms with van der Waals surface area (Å²) in [7, 11) is 1.32. The second-order valence-corrected chi connectivity index (χ2v) is 5.86. The Hall–Kier alpha value is -0.920. The smallest absolute Gasteiger partial charge is 0.268 e. The number of hydrogen-bond donors (Lipinski definition) is 1. The predicted molar refractivity (Wildman–Crippen MR) is 53.3 cm³/mol. The Morgan fingerprint density at radius 2 is 2.21 bits per heavy atom. The fraction of sp³-hybridized carbons (Fsp3) is 0. The first-order chi connectivity index (χ1) is 6.50. The second kappa shape index (κ2) is 3.04. The molecule has 0 saturated carbocycles. The molecule has 14 heavy (non-hydrogen) atoms. The maximum atomic E-state index is 11.2. The molecule has 0 atom stereocenters. The maximum Gasteiger partial charge on any atom is 0.268 e. The molecule has 8 heteroatoms. The number of nitrogens with one attached hydrogen (secondary N) is 1. The van der Waals surface area contributed by atoms with E-state index in [4.69, 9.17) is 10.7 Å². The van der Waals surface area contributed by atoms with Crippen LogP contribution in [0.25, 0.3) is 10.2 Å². The number of thiophene rings is 1. The number of nitrogens with zero attached hydrogens (tertiary/aromatic N) is 1. The summed E-state index contributed by atoms with van der Waals surface area (Å²) in [6.07, 6.45) is 1.14. The Morgan fingerprint density at radius 3 is 2.86 bits per heavy atom. The number of halogens is 1. The molecule has 0 aliphatic heterocycles. The van der Waals surface area contributed by atoms with Crippen molar-refractivity contribution >= 4 is 41.3 Å². The first kappa shape index (κ1) is 9.63. The molecule has 1 N–H and O–H groups in total. The molecule has 0 amide bonds. The average molecular weight is 251 g/mol. The highest BCUT2D eigenvalue weighted by atomic mass is 35.7. The number of hydrogen-bond acceptors (Lipinski definition) is 5. The molecule has 0 aliphatic rings. The predicted octanol–water partition coefficient (Wildman–Crippen LogP) is 0.912. The zero-order valence-electron chi connectivity index (χ0n) is 6.52. The molecule has 2 rings (SSSR count). The standard InChI is InChI=1S/C6H3ClN2O3S2/c7-14(11,12)3-1-13-5-4(3)8-2-9-6(5)10/h1-2H,(H,8,9,10). The van der Waals surface area contributed by atoms with Gasteiger partial charge in [-0.25, -0.2) is 13.4 Å². The lowest BCUT2D eigenvalue weighted by Gasteiger charge is -1.90. The van der Waals surface area contributed by atoms with E-state index >= 15 is 0 Å². The van der Waals surface area contributed by atoms with E-state index in [2.05, 4.69) is 9.97 Å². The van der Waals surface area contributed by atoms with Crippen molar-refractivity contribution in [2.24, 2.45) is 0 Å². The van der Waals surface area contributed by atoms with Crippen molar-refractivity contribution in [2.75, 3.05) is 0 Å². The minimum atomic E-state index is -3.84. The fourth-order valence-corrected chi connectivity index (χ4v) is 3.39. The molecule has 0 fully saturated rings. The highest BCUT2D eigenvalue weighted by Crippen LogP contribution is 2.27. The summed E-state index contributed by atoms with van der Waals surface area (Å²) in [6, 6.07) is 0. The van der Waals surface area contributed by atoms with E-state index in [1.54, 1.807) is 0 Å². The van der Waals surface area contributed by atoms with Crippen molar-refractivity contribution in [1.29, 1.82) is 0 Å². The van der Waals surface area contributed by atoms with Gasteiger partial charge in [0.05, 0.1) is 6.33 Å². The molecule has 0 aliphatic carbocycles. The van der Waals surface area contributed by atoms with E-state index in [1.807, 2.05) is 0 Å². The molecule has 0 unspecified atom stereocenters. The Kier molecular flexibility index (Phi) is 2.09. The van der Waals surface area contributed by atoms with E-state index < -0.39 is 9.05 Å². The maximum absolute atomic E-state index is 11.2. The number of H-pyrrole nitrogens is 1. The summed E-state index contributed by atoms with van der Waals surface area (Å²) in [6.45, 7) is 0. The Morgan fingerprint density at radius 1 is 1.50 bits per heavy atom. The lowest BCUT2D eigenvalue weighted by Crippen LogP contribution is -2.04. The SMILES string of the molecule is O=c1[nH]cnc2c(S(=O)(=O)Cl)csc12. The molecular formula is C6H3ClN2O3S2. The Bertz CT molecular complexity index is 642. The van der Waals surface area contributed by atoms with Gasteiger partial charge in [0.15, 0.2) is 0 Å². The van der Waals surface area contributed by atoms with Crippen LogP contribution in [0.3, 0.4) is 0 Å². The molecular weight excluding hydrogens is 248 g/mol. The van der Waals surface area contributed by atoms with Crippen molar-refractivity contribution in [2.45, 2.75) is 4.90 Å². The molecule has 0 aromatic carbocycles. The normalized spacial score (nSPS) is 12.1. The largest absolute Gasteiger partial charge is 0.312 e. The lowest BCUT2D eigenvalue weighted by molar-refractivity contribution is 0.610. The van der Waals surface area contributed by atoms with Crippen molar-refractivity contribution in [1.82, 2.24) is 9.97 Å². The van der Waals surface area contributed by atoms with Gasteiger partial charge in [0.1, 0.15) is 15.1 Å². The number of rotatable bonds is 1. The topological polar surface area (TPSA) is 79.9 Å². The molecule has 0 radical (unpaired) electrons. The first-order valence-electron chi connectivity index (χ1n) is 3.39. The summed E-state index contributed by atoms with van der Waals surface area (Å²) in [5, 5.41) is 1.30. The van der Waals surface area contributed by atoms with E-state index in [0.29, 0.717) is 0 Å². The Balaban J connectivity index is 2.97. The third kappa shape index (κ3) is 1.43. The Labute approximate surface area is 86.8 Å². The summed E-state index contributed by atoms with van der Waals surface area (Å²) >= 11 is 0.998. The van der Waals surface area contributed by atoms with Crippen molar-refractivity contribution in [3.8, 4) is 0 Å². The summed E-state index contributed by atoms with van der Waals surface area (Å²) in [5.74, 6) is 0. The third-order valence-corrected chi connectivity index (χ3v) is 4.04. The van der Waals surface area contributed by atoms with Gasteiger partial charge < -0.3 is 4.98 Å². The number of aromatic nitrogens is 2. The molecule has 2 aromatic heterocycles. The zero-order valence-corrected chi connectivity index (χ0v) is 8.91. The van der Waals surface area contributed by atoms with Gasteiger partial charge in [-0.15, -0.1) is 11.3 Å². The van der Waals surface area contributed by atoms with Crippen LogP contribution in [0, 0.1) is 0 Å². The van der Waals surface area contributed by atoms with Crippen LogP contribution in [-0.2, 0) is 9.05 Å². The van der Waals surface area contributed by atoms with Crippen LogP contribution in [0.5, 0.6) is 0 Å². The van der Waals surface area contributed by atoms with E-state index in [1.165, 1.54) is 5.38 Å². The van der Waals surface area contributed by atoms with Gasteiger partial charge in [-0.2, -0.15) is 0 Å². The molecule has 2 heterocycles. The van der Waals surface area contributed by atoms with Crippen molar-refractivity contribution in [3.63, 3.8) is 0 Å². The highest BCUT2D eigenvalue weighted by molar-refractivity contribution is 8.14. The molecule has 74 valence electrons. The molecule has 5 nitrogen and oxygen atoms in total. The summed E-state index contributed by atoms with van der Waals surface area (Å²) < 4.78 is 22.3. The van der Waals surface area contributed by atoms with Gasteiger partial charge in [-0.1, -0.05) is 0 Å². The van der Waals surface area contributed by atoms with Gasteiger partial charge in [0, 0.05) is 16.1 Å². The van der Waals surface area contributed by atoms with Crippen molar-refractivity contribution in [3.05, 3.63) is 22.1 Å². The monoisotopic (exact) mass is 250 g/mol. The minimum absolute atomic E-state index is 0.119. The van der Waals surface area contributed by atoms with Crippen LogP contribution in [0.15, 0.2) is 21.4 Å². The van der Waals surface area contributed by atoms with Gasteiger partial charge in [-0.05, 0) is 0 Å². The number of aromatic amines is 1. The van der Waals surface area contributed by atoms with Crippen LogP contribution in [0.2, 0.25) is 0 Å². The minimum Gasteiger partial charge on any atom is -0.312 e. The van der Waals surface area contributed by atoms with Gasteiger partial charge in [0.2, 0.25) is 0 Å². The quantitative estimate of drug-likeness (QED) is 0.763. The van der Waals surface area contributed by atoms with Crippen LogP contribution in [0.4, 0.5) is 0 Å². The first-order valence-corrected chi connectivity index (χ1v) is 6.58. The molecule has 0 spiro atoms. The lowest BCUT2D eigenvalue weighted by atomic mass is 10.5. The van der Waals surface area contributed by atoms with Crippen LogP contribution in [-0.4, -0.2) is 18.4 Å². The summed E-state index contributed by atoms with van der Waals surface area (Å²) in [4.78, 5) is 17.2. The van der Waals surface area contributed by atoms with Crippen LogP contribution in [0.1, 0.15) is 0 Å². The molecule has 2 aromatic rings. The molecule has 0 bridgehead atoms. The van der Waals surface area contributed by atoms with E-state index in [9.17, 15) is 13.2 Å². The fourth-order valence-electron chi connectivity index (χ4n) is 1.01. The van der Waals surface area contributed by atoms with Crippen LogP contribution >= 0.6 is 22.0 Å². The average Bonchev–Trinajstić information content (AvgIpc) is 2.47. The van der Waals surface area contributed by atoms with E-state index in [-0.39, 0.29) is 20.7 Å². The van der Waals surface area contributed by atoms with Gasteiger partial charge in [-0.3, -0.25) is 4.79 Å². The van der Waals surface area contributed by atoms with Crippen LogP contribution < -0.4 is 5.56 Å². The van der Waals surface area contributed by atoms with Gasteiger partial charge >= 0.3 is 0 Å². The third-order valence-electron chi connectivity index (χ3n) is 1.59. The highest BCUT2D eigenvalue weighted by Gasteiger charge is 2.18.